The van der Waals surface area contributed by atoms with Gasteiger partial charge in [-0.05, 0) is 31.5 Å². The Morgan fingerprint density at radius 2 is 2.05 bits per heavy atom. The fraction of sp³-hybridized carbons (Fsp3) is 0.143. The van der Waals surface area contributed by atoms with Crippen LogP contribution in [0.4, 0.5) is 4.39 Å². The maximum Gasteiger partial charge on any atom is 0.231 e. The highest BCUT2D eigenvalue weighted by Gasteiger charge is 2.14. The van der Waals surface area contributed by atoms with E-state index in [1.54, 1.807) is 11.3 Å². The third kappa shape index (κ3) is 2.23. The molecule has 0 aliphatic heterocycles. The highest BCUT2D eigenvalue weighted by Crippen LogP contribution is 2.36. The van der Waals surface area contributed by atoms with Crippen LogP contribution in [-0.2, 0) is 0 Å². The van der Waals surface area contributed by atoms with Crippen LogP contribution in [0.3, 0.4) is 0 Å². The molecular formula is C14H10ClFN2OS. The van der Waals surface area contributed by atoms with Crippen LogP contribution in [0.5, 0.6) is 11.6 Å². The topological polar surface area (TPSA) is 35.0 Å². The van der Waals surface area contributed by atoms with Gasteiger partial charge in [-0.3, -0.25) is 0 Å². The van der Waals surface area contributed by atoms with Crippen molar-refractivity contribution in [3.63, 3.8) is 0 Å². The van der Waals surface area contributed by atoms with Crippen LogP contribution in [0.2, 0.25) is 5.02 Å². The fourth-order valence-corrected chi connectivity index (χ4v) is 3.04. The lowest BCUT2D eigenvalue weighted by molar-refractivity contribution is 0.466. The Morgan fingerprint density at radius 1 is 1.25 bits per heavy atom. The number of fused-ring (bicyclic) bond motifs is 1. The minimum Gasteiger partial charge on any atom is -0.438 e. The van der Waals surface area contributed by atoms with E-state index in [-0.39, 0.29) is 5.02 Å². The summed E-state index contributed by atoms with van der Waals surface area (Å²) in [7, 11) is 0. The Bertz CT molecular complexity index is 803. The Balaban J connectivity index is 2.08. The summed E-state index contributed by atoms with van der Waals surface area (Å²) in [6.07, 6.45) is 1.46. The van der Waals surface area contributed by atoms with Gasteiger partial charge >= 0.3 is 0 Å². The molecule has 0 aliphatic carbocycles. The molecule has 0 saturated carbocycles. The van der Waals surface area contributed by atoms with E-state index in [0.29, 0.717) is 11.6 Å². The molecule has 2 heterocycles. The summed E-state index contributed by atoms with van der Waals surface area (Å²) in [4.78, 5) is 10.4. The average molecular weight is 309 g/mol. The zero-order valence-electron chi connectivity index (χ0n) is 10.8. The van der Waals surface area contributed by atoms with E-state index in [9.17, 15) is 4.39 Å². The lowest BCUT2D eigenvalue weighted by Gasteiger charge is -2.06. The number of ether oxygens (including phenoxy) is 1. The van der Waals surface area contributed by atoms with Crippen molar-refractivity contribution in [1.82, 2.24) is 9.97 Å². The molecule has 0 bridgehead atoms. The molecule has 3 aromatic rings. The van der Waals surface area contributed by atoms with Crippen LogP contribution < -0.4 is 4.74 Å². The highest BCUT2D eigenvalue weighted by molar-refractivity contribution is 7.18. The van der Waals surface area contributed by atoms with Gasteiger partial charge < -0.3 is 4.74 Å². The van der Waals surface area contributed by atoms with Crippen molar-refractivity contribution in [3.05, 3.63) is 45.8 Å². The molecule has 20 heavy (non-hydrogen) atoms. The smallest absolute Gasteiger partial charge is 0.231 e. The van der Waals surface area contributed by atoms with Gasteiger partial charge in [0.05, 0.1) is 10.4 Å². The first-order valence-corrected chi connectivity index (χ1v) is 7.09. The highest BCUT2D eigenvalue weighted by atomic mass is 35.5. The molecule has 0 fully saturated rings. The monoisotopic (exact) mass is 308 g/mol. The molecule has 102 valence electrons. The zero-order chi connectivity index (χ0) is 14.3. The molecule has 6 heteroatoms. The van der Waals surface area contributed by atoms with E-state index in [2.05, 4.69) is 9.97 Å². The minimum absolute atomic E-state index is 0.0195. The summed E-state index contributed by atoms with van der Waals surface area (Å²) in [6.45, 7) is 4.03. The van der Waals surface area contributed by atoms with Crippen LogP contribution in [0.1, 0.15) is 10.4 Å². The average Bonchev–Trinajstić information content (AvgIpc) is 2.71. The Kier molecular flexibility index (Phi) is 3.31. The quantitative estimate of drug-likeness (QED) is 0.676. The number of benzene rings is 1. The summed E-state index contributed by atoms with van der Waals surface area (Å²) in [5.74, 6) is 0.425. The van der Waals surface area contributed by atoms with Crippen molar-refractivity contribution >= 4 is 33.2 Å². The third-order valence-corrected chi connectivity index (χ3v) is 4.44. The van der Waals surface area contributed by atoms with Crippen molar-refractivity contribution in [1.29, 1.82) is 0 Å². The normalized spacial score (nSPS) is 11.0. The number of nitrogens with zero attached hydrogens (tertiary/aromatic N) is 2. The second-order valence-electron chi connectivity index (χ2n) is 4.32. The summed E-state index contributed by atoms with van der Waals surface area (Å²) >= 11 is 7.34. The largest absolute Gasteiger partial charge is 0.438 e. The first-order valence-electron chi connectivity index (χ1n) is 5.90. The van der Waals surface area contributed by atoms with Crippen molar-refractivity contribution in [2.24, 2.45) is 0 Å². The van der Waals surface area contributed by atoms with Crippen molar-refractivity contribution < 1.29 is 9.13 Å². The van der Waals surface area contributed by atoms with E-state index in [0.717, 1.165) is 15.8 Å². The summed E-state index contributed by atoms with van der Waals surface area (Å²) in [5, 5.41) is 0.904. The van der Waals surface area contributed by atoms with E-state index in [1.807, 2.05) is 13.8 Å². The molecule has 0 atom stereocenters. The first-order chi connectivity index (χ1) is 9.56. The lowest BCUT2D eigenvalue weighted by Crippen LogP contribution is -1.91. The lowest BCUT2D eigenvalue weighted by atomic mass is 10.2. The molecule has 1 aromatic carbocycles. The van der Waals surface area contributed by atoms with Crippen LogP contribution in [0, 0.1) is 19.7 Å². The second-order valence-corrected chi connectivity index (χ2v) is 5.93. The molecule has 0 unspecified atom stereocenters. The molecule has 2 aromatic heterocycles. The zero-order valence-corrected chi connectivity index (χ0v) is 12.3. The molecule has 3 rings (SSSR count). The number of hydrogen-bond donors (Lipinski definition) is 0. The summed E-state index contributed by atoms with van der Waals surface area (Å²) in [6, 6.07) is 4.21. The number of aryl methyl sites for hydroxylation is 2. The van der Waals surface area contributed by atoms with Gasteiger partial charge in [-0.2, -0.15) is 0 Å². The molecule has 0 saturated heterocycles. The molecular weight excluding hydrogens is 299 g/mol. The van der Waals surface area contributed by atoms with Gasteiger partial charge in [-0.1, -0.05) is 11.6 Å². The fourth-order valence-electron chi connectivity index (χ4n) is 1.88. The van der Waals surface area contributed by atoms with Gasteiger partial charge in [0.1, 0.15) is 22.7 Å². The maximum atomic E-state index is 13.1. The van der Waals surface area contributed by atoms with Gasteiger partial charge in [-0.15, -0.1) is 11.3 Å². The van der Waals surface area contributed by atoms with Crippen LogP contribution in [0.25, 0.3) is 10.2 Å². The summed E-state index contributed by atoms with van der Waals surface area (Å²) in [5.41, 5.74) is 1.09. The number of halogens is 2. The Labute approximate surface area is 124 Å². The molecule has 0 radical (unpaired) electrons. The van der Waals surface area contributed by atoms with Gasteiger partial charge in [0, 0.05) is 10.9 Å². The van der Waals surface area contributed by atoms with Gasteiger partial charge in [0.2, 0.25) is 5.88 Å². The number of aromatic nitrogens is 2. The van der Waals surface area contributed by atoms with Crippen molar-refractivity contribution in [2.45, 2.75) is 13.8 Å². The number of rotatable bonds is 2. The van der Waals surface area contributed by atoms with E-state index in [4.69, 9.17) is 16.3 Å². The minimum atomic E-state index is -0.477. The predicted molar refractivity (Wildman–Crippen MR) is 78.4 cm³/mol. The summed E-state index contributed by atoms with van der Waals surface area (Å²) < 4.78 is 18.9. The predicted octanol–water partition coefficient (Wildman–Crippen LogP) is 4.89. The number of thiophene rings is 1. The van der Waals surface area contributed by atoms with E-state index >= 15 is 0 Å². The number of hydrogen-bond acceptors (Lipinski definition) is 4. The van der Waals surface area contributed by atoms with Crippen LogP contribution >= 0.6 is 22.9 Å². The van der Waals surface area contributed by atoms with Gasteiger partial charge in [0.25, 0.3) is 0 Å². The SMILES string of the molecule is Cc1sc2ncnc(Oc3ccc(F)c(Cl)c3)c2c1C. The van der Waals surface area contributed by atoms with Crippen LogP contribution in [0.15, 0.2) is 24.5 Å². The van der Waals surface area contributed by atoms with Crippen molar-refractivity contribution in [3.8, 4) is 11.6 Å². The standard InChI is InChI=1S/C14H10ClFN2OS/c1-7-8(2)20-14-12(7)13(17-6-18-14)19-9-3-4-11(16)10(15)5-9/h3-6H,1-2H3. The second kappa shape index (κ2) is 5.00. The third-order valence-electron chi connectivity index (χ3n) is 3.04. The molecule has 0 aliphatic rings. The molecule has 0 amide bonds. The van der Waals surface area contributed by atoms with Crippen molar-refractivity contribution in [2.75, 3.05) is 0 Å². The van der Waals surface area contributed by atoms with E-state index < -0.39 is 5.82 Å². The van der Waals surface area contributed by atoms with Crippen LogP contribution in [-0.4, -0.2) is 9.97 Å². The Hall–Kier alpha value is -1.72. The maximum absolute atomic E-state index is 13.1. The van der Waals surface area contributed by atoms with E-state index in [1.165, 1.54) is 29.4 Å². The van der Waals surface area contributed by atoms with Gasteiger partial charge in [-0.25, -0.2) is 14.4 Å². The molecule has 0 N–H and O–H groups in total. The molecule has 3 nitrogen and oxygen atoms in total. The van der Waals surface area contributed by atoms with Gasteiger partial charge in [0.15, 0.2) is 0 Å². The first kappa shape index (κ1) is 13.3. The molecule has 0 spiro atoms. The Morgan fingerprint density at radius 3 is 2.80 bits per heavy atom.